The zero-order valence-electron chi connectivity index (χ0n) is 12.2. The highest BCUT2D eigenvalue weighted by Gasteiger charge is 2.48. The molecule has 0 radical (unpaired) electrons. The second-order valence-electron chi connectivity index (χ2n) is 6.99. The fourth-order valence-electron chi connectivity index (χ4n) is 2.20. The van der Waals surface area contributed by atoms with Crippen LogP contribution in [-0.4, -0.2) is 22.4 Å². The van der Waals surface area contributed by atoms with E-state index in [4.69, 9.17) is 9.47 Å². The minimum atomic E-state index is -3.54. The molecule has 1 aliphatic heterocycles. The Morgan fingerprint density at radius 3 is 1.37 bits per heavy atom. The smallest absolute Gasteiger partial charge is 0.395 e. The third-order valence-electron chi connectivity index (χ3n) is 3.17. The molecule has 0 fully saturated rings. The van der Waals surface area contributed by atoms with Gasteiger partial charge in [-0.2, -0.15) is 0 Å². The van der Waals surface area contributed by atoms with Crippen LogP contribution in [0.5, 0.6) is 11.5 Å². The van der Waals surface area contributed by atoms with Crippen molar-refractivity contribution in [2.75, 3.05) is 0 Å². The van der Waals surface area contributed by atoms with Crippen LogP contribution in [0.2, 0.25) is 39.3 Å². The molecule has 2 nitrogen and oxygen atoms in total. The third-order valence-corrected chi connectivity index (χ3v) is 7.19. The molecule has 0 amide bonds. The number of halogens is 2. The maximum atomic E-state index is 13.5. The lowest BCUT2D eigenvalue weighted by Crippen LogP contribution is -2.42. The van der Waals surface area contributed by atoms with Gasteiger partial charge in [0.15, 0.2) is 11.5 Å². The minimum Gasteiger partial charge on any atom is -0.395 e. The summed E-state index contributed by atoms with van der Waals surface area (Å²) in [5.41, 5.74) is 0. The summed E-state index contributed by atoms with van der Waals surface area (Å²) in [5, 5.41) is 1.78. The van der Waals surface area contributed by atoms with Crippen molar-refractivity contribution in [2.24, 2.45) is 0 Å². The van der Waals surface area contributed by atoms with Gasteiger partial charge in [-0.3, -0.25) is 0 Å². The number of alkyl halides is 2. The van der Waals surface area contributed by atoms with Gasteiger partial charge in [0.2, 0.25) is 0 Å². The first kappa shape index (κ1) is 14.5. The number of hydrogen-bond donors (Lipinski definition) is 0. The minimum absolute atomic E-state index is 0.268. The van der Waals surface area contributed by atoms with Crippen LogP contribution in [0.1, 0.15) is 0 Å². The lowest BCUT2D eigenvalue weighted by atomic mass is 10.3. The predicted octanol–water partition coefficient (Wildman–Crippen LogP) is 3.10. The molecular formula is C13H20F2O2Si2. The molecule has 1 heterocycles. The van der Waals surface area contributed by atoms with Gasteiger partial charge in [0, 0.05) is 0 Å². The highest BCUT2D eigenvalue weighted by molar-refractivity contribution is 6.91. The fraction of sp³-hybridized carbons (Fsp3) is 0.538. The molecule has 1 aromatic rings. The lowest BCUT2D eigenvalue weighted by Gasteiger charge is -2.23. The van der Waals surface area contributed by atoms with Crippen LogP contribution in [0.25, 0.3) is 0 Å². The van der Waals surface area contributed by atoms with E-state index >= 15 is 0 Å². The zero-order valence-corrected chi connectivity index (χ0v) is 14.2. The van der Waals surface area contributed by atoms with Gasteiger partial charge in [0.1, 0.15) is 0 Å². The summed E-state index contributed by atoms with van der Waals surface area (Å²) in [6.07, 6.45) is -3.54. The summed E-state index contributed by atoms with van der Waals surface area (Å²) in [6.45, 7) is 12.6. The van der Waals surface area contributed by atoms with Crippen LogP contribution >= 0.6 is 0 Å². The first-order chi connectivity index (χ1) is 8.42. The van der Waals surface area contributed by atoms with Gasteiger partial charge in [-0.15, -0.1) is 8.78 Å². The maximum absolute atomic E-state index is 13.5. The highest BCUT2D eigenvalue weighted by atomic mass is 28.3. The van der Waals surface area contributed by atoms with Crippen molar-refractivity contribution in [1.82, 2.24) is 0 Å². The second kappa shape index (κ2) is 4.05. The van der Waals surface area contributed by atoms with Gasteiger partial charge in [0.25, 0.3) is 0 Å². The molecule has 0 spiro atoms. The summed E-state index contributed by atoms with van der Waals surface area (Å²) < 4.78 is 36.5. The Balaban J connectivity index is 2.67. The average molecular weight is 302 g/mol. The summed E-state index contributed by atoms with van der Waals surface area (Å²) in [4.78, 5) is 0. The van der Waals surface area contributed by atoms with Gasteiger partial charge in [-0.05, 0) is 10.4 Å². The molecule has 0 unspecified atom stereocenters. The van der Waals surface area contributed by atoms with Crippen molar-refractivity contribution < 1.29 is 18.3 Å². The Kier molecular flexibility index (Phi) is 3.10. The normalized spacial score (nSPS) is 17.7. The largest absolute Gasteiger partial charge is 0.586 e. The van der Waals surface area contributed by atoms with E-state index in [0.717, 1.165) is 10.4 Å². The van der Waals surface area contributed by atoms with E-state index in [1.54, 1.807) is 0 Å². The molecule has 1 aliphatic rings. The van der Waals surface area contributed by atoms with Crippen molar-refractivity contribution in [3.05, 3.63) is 12.1 Å². The summed E-state index contributed by atoms with van der Waals surface area (Å²) >= 11 is 0. The van der Waals surface area contributed by atoms with Gasteiger partial charge >= 0.3 is 6.29 Å². The van der Waals surface area contributed by atoms with Crippen LogP contribution in [-0.2, 0) is 0 Å². The predicted molar refractivity (Wildman–Crippen MR) is 78.6 cm³/mol. The number of ether oxygens (including phenoxy) is 2. The van der Waals surface area contributed by atoms with Gasteiger partial charge < -0.3 is 9.47 Å². The number of benzene rings is 1. The fourth-order valence-corrected chi connectivity index (χ4v) is 5.06. The SMILES string of the molecule is C[Si](C)(C)c1ccc([Si](C)(C)C)c2c1OC(F)(F)O2. The van der Waals surface area contributed by atoms with E-state index in [-0.39, 0.29) is 11.5 Å². The van der Waals surface area contributed by atoms with Crippen LogP contribution in [0.4, 0.5) is 8.78 Å². The molecule has 0 saturated carbocycles. The van der Waals surface area contributed by atoms with E-state index < -0.39 is 22.4 Å². The van der Waals surface area contributed by atoms with E-state index in [2.05, 4.69) is 39.3 Å². The van der Waals surface area contributed by atoms with Crippen molar-refractivity contribution >= 4 is 26.5 Å². The van der Waals surface area contributed by atoms with Crippen molar-refractivity contribution in [3.63, 3.8) is 0 Å². The highest BCUT2D eigenvalue weighted by Crippen LogP contribution is 2.40. The van der Waals surface area contributed by atoms with Crippen LogP contribution < -0.4 is 19.8 Å². The molecule has 0 N–H and O–H groups in total. The van der Waals surface area contributed by atoms with Crippen molar-refractivity contribution in [1.29, 1.82) is 0 Å². The molecule has 0 atom stereocenters. The van der Waals surface area contributed by atoms with E-state index in [1.807, 2.05) is 12.1 Å². The van der Waals surface area contributed by atoms with Crippen LogP contribution in [0.15, 0.2) is 12.1 Å². The Morgan fingerprint density at radius 2 is 1.11 bits per heavy atom. The average Bonchev–Trinajstić information content (AvgIpc) is 2.46. The molecule has 0 saturated heterocycles. The monoisotopic (exact) mass is 302 g/mol. The Labute approximate surface area is 114 Å². The summed E-state index contributed by atoms with van der Waals surface area (Å²) in [6, 6.07) is 3.90. The van der Waals surface area contributed by atoms with E-state index in [0.29, 0.717) is 0 Å². The summed E-state index contributed by atoms with van der Waals surface area (Å²) in [5.74, 6) is 0.535. The molecule has 2 rings (SSSR count). The Morgan fingerprint density at radius 1 is 0.789 bits per heavy atom. The number of hydrogen-bond acceptors (Lipinski definition) is 2. The quantitative estimate of drug-likeness (QED) is 0.782. The van der Waals surface area contributed by atoms with Gasteiger partial charge in [-0.1, -0.05) is 51.4 Å². The maximum Gasteiger partial charge on any atom is 0.586 e. The van der Waals surface area contributed by atoms with Gasteiger partial charge in [-0.25, -0.2) is 0 Å². The van der Waals surface area contributed by atoms with Crippen molar-refractivity contribution in [3.8, 4) is 11.5 Å². The molecule has 0 aliphatic carbocycles. The van der Waals surface area contributed by atoms with Crippen LogP contribution in [0, 0.1) is 0 Å². The van der Waals surface area contributed by atoms with Crippen LogP contribution in [0.3, 0.4) is 0 Å². The first-order valence-corrected chi connectivity index (χ1v) is 13.4. The molecule has 106 valence electrons. The molecular weight excluding hydrogens is 282 g/mol. The number of rotatable bonds is 2. The molecule has 0 aromatic heterocycles. The topological polar surface area (TPSA) is 18.5 Å². The Hall–Kier alpha value is -0.886. The standard InChI is InChI=1S/C13H20F2O2Si2/c1-18(2,3)9-7-8-10(19(4,5)6)12-11(9)16-13(14,15)17-12/h7-8H,1-6H3. The molecule has 0 bridgehead atoms. The third kappa shape index (κ3) is 2.69. The molecule has 1 aromatic carbocycles. The van der Waals surface area contributed by atoms with Gasteiger partial charge in [0.05, 0.1) is 16.1 Å². The van der Waals surface area contributed by atoms with Crippen molar-refractivity contribution in [2.45, 2.75) is 45.6 Å². The number of fused-ring (bicyclic) bond motifs is 1. The molecule has 19 heavy (non-hydrogen) atoms. The molecule has 6 heteroatoms. The van der Waals surface area contributed by atoms with E-state index in [1.165, 1.54) is 0 Å². The Bertz CT molecular complexity index is 472. The summed E-state index contributed by atoms with van der Waals surface area (Å²) in [7, 11) is -3.52. The second-order valence-corrected chi connectivity index (χ2v) is 17.1. The zero-order chi connectivity index (χ0) is 14.6. The van der Waals surface area contributed by atoms with E-state index in [9.17, 15) is 8.78 Å². The lowest BCUT2D eigenvalue weighted by molar-refractivity contribution is -0.286. The first-order valence-electron chi connectivity index (χ1n) is 6.36.